The van der Waals surface area contributed by atoms with Gasteiger partial charge in [0.1, 0.15) is 7.05 Å². The van der Waals surface area contributed by atoms with Gasteiger partial charge in [0, 0.05) is 6.42 Å². The second kappa shape index (κ2) is 4.54. The van der Waals surface area contributed by atoms with Crippen LogP contribution in [0.25, 0.3) is 0 Å². The molecule has 12 heavy (non-hydrogen) atoms. The van der Waals surface area contributed by atoms with Gasteiger partial charge in [0.25, 0.3) is 0 Å². The highest BCUT2D eigenvalue weighted by atomic mass is 16.5. The number of nitrogens with zero attached hydrogens (tertiary/aromatic N) is 1. The van der Waals surface area contributed by atoms with E-state index in [1.54, 1.807) is 6.21 Å². The third kappa shape index (κ3) is 3.19. The Morgan fingerprint density at radius 3 is 2.58 bits per heavy atom. The second-order valence-corrected chi connectivity index (χ2v) is 2.75. The van der Waals surface area contributed by atoms with Crippen LogP contribution in [0.1, 0.15) is 12.0 Å². The lowest BCUT2D eigenvalue weighted by atomic mass is 10.1. The fourth-order valence-corrected chi connectivity index (χ4v) is 1.06. The second-order valence-electron chi connectivity index (χ2n) is 2.75. The fourth-order valence-electron chi connectivity index (χ4n) is 1.06. The predicted octanol–water partition coefficient (Wildman–Crippen LogP) is 1.83. The molecule has 0 spiro atoms. The largest absolute Gasteiger partial charge is 0.624 e. The first kappa shape index (κ1) is 8.78. The van der Waals surface area contributed by atoms with Crippen molar-refractivity contribution in [2.24, 2.45) is 0 Å². The van der Waals surface area contributed by atoms with Crippen molar-refractivity contribution in [1.82, 2.24) is 0 Å². The molecule has 1 rings (SSSR count). The molecule has 0 fully saturated rings. The molecule has 0 aromatic heterocycles. The minimum absolute atomic E-state index is 0.810. The van der Waals surface area contributed by atoms with E-state index in [9.17, 15) is 5.21 Å². The van der Waals surface area contributed by atoms with Gasteiger partial charge < -0.3 is 5.21 Å². The summed E-state index contributed by atoms with van der Waals surface area (Å²) in [6.45, 7) is 0. The van der Waals surface area contributed by atoms with Crippen molar-refractivity contribution in [1.29, 1.82) is 0 Å². The van der Waals surface area contributed by atoms with E-state index in [2.05, 4.69) is 12.1 Å². The lowest BCUT2D eigenvalue weighted by molar-refractivity contribution is -0.418. The Labute approximate surface area is 72.7 Å². The SMILES string of the molecule is C/[N+]([O-])=C/CCc1ccccc1. The summed E-state index contributed by atoms with van der Waals surface area (Å²) in [6, 6.07) is 10.1. The van der Waals surface area contributed by atoms with Gasteiger partial charge in [0.05, 0.1) is 0 Å². The molecule has 0 bridgehead atoms. The lowest BCUT2D eigenvalue weighted by Crippen LogP contribution is -1.97. The first-order valence-corrected chi connectivity index (χ1v) is 4.06. The van der Waals surface area contributed by atoms with Crippen LogP contribution < -0.4 is 0 Å². The highest BCUT2D eigenvalue weighted by molar-refractivity contribution is 5.51. The summed E-state index contributed by atoms with van der Waals surface area (Å²) in [4.78, 5) is 0. The van der Waals surface area contributed by atoms with Gasteiger partial charge in [-0.2, -0.15) is 0 Å². The van der Waals surface area contributed by atoms with Gasteiger partial charge in [-0.3, -0.25) is 0 Å². The molecule has 0 aliphatic heterocycles. The maximum Gasteiger partial charge on any atom is 0.151 e. The molecular weight excluding hydrogens is 150 g/mol. The van der Waals surface area contributed by atoms with E-state index in [1.807, 2.05) is 18.2 Å². The Hall–Kier alpha value is -1.31. The van der Waals surface area contributed by atoms with Crippen molar-refractivity contribution in [2.75, 3.05) is 7.05 Å². The molecule has 2 heteroatoms. The quantitative estimate of drug-likeness (QED) is 0.289. The molecule has 0 radical (unpaired) electrons. The molecule has 1 aromatic rings. The van der Waals surface area contributed by atoms with Crippen LogP contribution in [0.15, 0.2) is 30.3 Å². The smallest absolute Gasteiger partial charge is 0.151 e. The molecule has 1 aromatic carbocycles. The van der Waals surface area contributed by atoms with Gasteiger partial charge in [-0.1, -0.05) is 30.3 Å². The van der Waals surface area contributed by atoms with Gasteiger partial charge in [-0.05, 0) is 12.0 Å². The molecule has 0 aliphatic carbocycles. The van der Waals surface area contributed by atoms with Crippen LogP contribution in [0.2, 0.25) is 0 Å². The molecule has 64 valence electrons. The van der Waals surface area contributed by atoms with E-state index < -0.39 is 0 Å². The Balaban J connectivity index is 2.39. The highest BCUT2D eigenvalue weighted by Gasteiger charge is 1.90. The van der Waals surface area contributed by atoms with Crippen LogP contribution >= 0.6 is 0 Å². The maximum atomic E-state index is 10.5. The zero-order chi connectivity index (χ0) is 8.81. The van der Waals surface area contributed by atoms with E-state index >= 15 is 0 Å². The predicted molar refractivity (Wildman–Crippen MR) is 50.4 cm³/mol. The summed E-state index contributed by atoms with van der Waals surface area (Å²) < 4.78 is 0.850. The molecule has 0 heterocycles. The van der Waals surface area contributed by atoms with E-state index in [4.69, 9.17) is 0 Å². The van der Waals surface area contributed by atoms with Crippen LogP contribution in [-0.2, 0) is 6.42 Å². The molecule has 0 saturated carbocycles. The van der Waals surface area contributed by atoms with Crippen molar-refractivity contribution in [3.63, 3.8) is 0 Å². The molecule has 0 unspecified atom stereocenters. The normalized spacial score (nSPS) is 11.6. The minimum atomic E-state index is 0.810. The third-order valence-electron chi connectivity index (χ3n) is 1.66. The van der Waals surface area contributed by atoms with E-state index in [1.165, 1.54) is 12.6 Å². The lowest BCUT2D eigenvalue weighted by Gasteiger charge is -1.96. The summed E-state index contributed by atoms with van der Waals surface area (Å²) in [5, 5.41) is 10.5. The van der Waals surface area contributed by atoms with Crippen LogP contribution in [0.3, 0.4) is 0 Å². The summed E-state index contributed by atoms with van der Waals surface area (Å²) in [6.07, 6.45) is 3.39. The van der Waals surface area contributed by atoms with Crippen molar-refractivity contribution in [3.05, 3.63) is 41.1 Å². The zero-order valence-electron chi connectivity index (χ0n) is 7.23. The number of hydrogen-bond acceptors (Lipinski definition) is 1. The molecule has 0 N–H and O–H groups in total. The monoisotopic (exact) mass is 163 g/mol. The van der Waals surface area contributed by atoms with Gasteiger partial charge >= 0.3 is 0 Å². The van der Waals surface area contributed by atoms with Crippen molar-refractivity contribution in [2.45, 2.75) is 12.8 Å². The van der Waals surface area contributed by atoms with E-state index in [-0.39, 0.29) is 0 Å². The van der Waals surface area contributed by atoms with Crippen molar-refractivity contribution < 1.29 is 4.74 Å². The van der Waals surface area contributed by atoms with Crippen LogP contribution in [0, 0.1) is 5.21 Å². The number of benzene rings is 1. The molecule has 0 aliphatic rings. The molecule has 0 saturated heterocycles. The van der Waals surface area contributed by atoms with Crippen LogP contribution in [0.4, 0.5) is 0 Å². The summed E-state index contributed by atoms with van der Waals surface area (Å²) in [5.74, 6) is 0. The van der Waals surface area contributed by atoms with Crippen LogP contribution in [-0.4, -0.2) is 18.0 Å². The average Bonchev–Trinajstić information content (AvgIpc) is 2.05. The van der Waals surface area contributed by atoms with Crippen LogP contribution in [0.5, 0.6) is 0 Å². The zero-order valence-corrected chi connectivity index (χ0v) is 7.23. The standard InChI is InChI=1S/C10H13NO/c1-11(12)9-5-8-10-6-3-2-4-7-10/h2-4,6-7,9H,5,8H2,1H3/b11-9-. The van der Waals surface area contributed by atoms with Gasteiger partial charge in [-0.25, -0.2) is 4.74 Å². The summed E-state index contributed by atoms with van der Waals surface area (Å²) in [7, 11) is 1.50. The first-order valence-electron chi connectivity index (χ1n) is 4.06. The Morgan fingerprint density at radius 1 is 1.33 bits per heavy atom. The Kier molecular flexibility index (Phi) is 3.33. The molecule has 2 nitrogen and oxygen atoms in total. The summed E-state index contributed by atoms with van der Waals surface area (Å²) >= 11 is 0. The summed E-state index contributed by atoms with van der Waals surface area (Å²) in [5.41, 5.74) is 1.27. The topological polar surface area (TPSA) is 26.1 Å². The highest BCUT2D eigenvalue weighted by Crippen LogP contribution is 2.00. The number of hydrogen-bond donors (Lipinski definition) is 0. The Bertz CT molecular complexity index is 250. The molecule has 0 amide bonds. The van der Waals surface area contributed by atoms with E-state index in [0.717, 1.165) is 17.6 Å². The number of aryl methyl sites for hydroxylation is 1. The van der Waals surface area contributed by atoms with Gasteiger partial charge in [0.2, 0.25) is 0 Å². The number of hydroxylamine groups is 1. The molecular formula is C10H13NO. The van der Waals surface area contributed by atoms with E-state index in [0.29, 0.717) is 0 Å². The minimum Gasteiger partial charge on any atom is -0.624 e. The van der Waals surface area contributed by atoms with Crippen molar-refractivity contribution >= 4 is 6.21 Å². The number of rotatable bonds is 3. The molecule has 0 atom stereocenters. The Morgan fingerprint density at radius 2 is 2.00 bits per heavy atom. The van der Waals surface area contributed by atoms with Gasteiger partial charge in [-0.15, -0.1) is 0 Å². The average molecular weight is 163 g/mol. The fraction of sp³-hybridized carbons (Fsp3) is 0.300. The first-order chi connectivity index (χ1) is 5.79. The van der Waals surface area contributed by atoms with Gasteiger partial charge in [0.15, 0.2) is 6.21 Å². The van der Waals surface area contributed by atoms with Crippen molar-refractivity contribution in [3.8, 4) is 0 Å². The third-order valence-corrected chi connectivity index (χ3v) is 1.66. The maximum absolute atomic E-state index is 10.5.